The van der Waals surface area contributed by atoms with Crippen molar-refractivity contribution >= 4 is 0 Å². The summed E-state index contributed by atoms with van der Waals surface area (Å²) in [6.45, 7) is 3.75. The highest BCUT2D eigenvalue weighted by Crippen LogP contribution is 2.16. The average molecular weight is 264 g/mol. The second-order valence-corrected chi connectivity index (χ2v) is 5.19. The molecule has 0 atom stereocenters. The van der Waals surface area contributed by atoms with Crippen molar-refractivity contribution in [1.82, 2.24) is 5.32 Å². The van der Waals surface area contributed by atoms with Crippen molar-refractivity contribution in [2.75, 3.05) is 13.1 Å². The lowest BCUT2D eigenvalue weighted by molar-refractivity contribution is 0.818. The summed E-state index contributed by atoms with van der Waals surface area (Å²) in [6, 6.07) is 2.17. The largest absolute Gasteiger partial charge is 0.302 e. The van der Waals surface area contributed by atoms with Gasteiger partial charge < -0.3 is 5.32 Å². The number of hydrogen-bond acceptors (Lipinski definition) is 2. The van der Waals surface area contributed by atoms with Gasteiger partial charge in [-0.05, 0) is 44.3 Å². The molecule has 0 aliphatic heterocycles. The molecule has 0 aromatic carbocycles. The Bertz CT molecular complexity index is 583. The highest BCUT2D eigenvalue weighted by molar-refractivity contribution is 5.44. The predicted molar refractivity (Wildman–Crippen MR) is 82.7 cm³/mol. The Kier molecular flexibility index (Phi) is 5.42. The van der Waals surface area contributed by atoms with Crippen LogP contribution in [-0.4, -0.2) is 13.1 Å². The van der Waals surface area contributed by atoms with E-state index in [1.54, 1.807) is 0 Å². The molecule has 0 heterocycles. The summed E-state index contributed by atoms with van der Waals surface area (Å²) in [4.78, 5) is 0. The van der Waals surface area contributed by atoms with Crippen LogP contribution < -0.4 is 5.32 Å². The van der Waals surface area contributed by atoms with Crippen molar-refractivity contribution in [3.63, 3.8) is 0 Å². The lowest BCUT2D eigenvalue weighted by atomic mass is 10.0. The number of nitrogens with one attached hydrogen (secondary N) is 1. The molecule has 0 radical (unpaired) electrons. The second kappa shape index (κ2) is 7.53. The summed E-state index contributed by atoms with van der Waals surface area (Å²) in [5.74, 6) is 6.29. The van der Waals surface area contributed by atoms with Crippen molar-refractivity contribution in [3.05, 3.63) is 46.6 Å². The van der Waals surface area contributed by atoms with Crippen LogP contribution in [0.15, 0.2) is 46.6 Å². The van der Waals surface area contributed by atoms with E-state index in [1.165, 1.54) is 17.6 Å². The van der Waals surface area contributed by atoms with Crippen LogP contribution in [0.1, 0.15) is 32.6 Å². The summed E-state index contributed by atoms with van der Waals surface area (Å²) in [5, 5.41) is 12.2. The van der Waals surface area contributed by atoms with Crippen molar-refractivity contribution in [3.8, 4) is 17.9 Å². The molecule has 2 rings (SSSR count). The highest BCUT2D eigenvalue weighted by Gasteiger charge is 2.02. The maximum absolute atomic E-state index is 8.85. The van der Waals surface area contributed by atoms with Gasteiger partial charge in [0, 0.05) is 17.7 Å². The Labute approximate surface area is 121 Å². The Morgan fingerprint density at radius 2 is 2.05 bits per heavy atom. The number of rotatable bonds is 3. The highest BCUT2D eigenvalue weighted by atomic mass is 14.8. The number of allylic oxidation sites excluding steroid dienone is 6. The zero-order valence-electron chi connectivity index (χ0n) is 12.0. The first-order valence-corrected chi connectivity index (χ1v) is 7.14. The van der Waals surface area contributed by atoms with Crippen molar-refractivity contribution in [2.45, 2.75) is 32.6 Å². The molecule has 0 unspecified atom stereocenters. The lowest BCUT2D eigenvalue weighted by Gasteiger charge is -2.10. The van der Waals surface area contributed by atoms with Crippen LogP contribution in [0.5, 0.6) is 0 Å². The van der Waals surface area contributed by atoms with E-state index in [9.17, 15) is 0 Å². The molecule has 0 fully saturated rings. The molecule has 0 saturated carbocycles. The molecule has 2 nitrogen and oxygen atoms in total. The summed E-state index contributed by atoms with van der Waals surface area (Å²) in [6.07, 6.45) is 12.6. The molecule has 0 aromatic heterocycles. The van der Waals surface area contributed by atoms with E-state index in [2.05, 4.69) is 42.3 Å². The molecule has 0 bridgehead atoms. The fourth-order valence-electron chi connectivity index (χ4n) is 2.36. The normalized spacial score (nSPS) is 17.8. The predicted octanol–water partition coefficient (Wildman–Crippen LogP) is 3.42. The molecule has 1 N–H and O–H groups in total. The van der Waals surface area contributed by atoms with Gasteiger partial charge >= 0.3 is 0 Å². The minimum absolute atomic E-state index is 0.688. The molecule has 0 amide bonds. The monoisotopic (exact) mass is 264 g/mol. The summed E-state index contributed by atoms with van der Waals surface area (Å²) in [5.41, 5.74) is 4.63. The van der Waals surface area contributed by atoms with Gasteiger partial charge in [-0.25, -0.2) is 0 Å². The first-order valence-electron chi connectivity index (χ1n) is 7.14. The molecular weight excluding hydrogens is 244 g/mol. The average Bonchev–Trinajstić information content (AvgIpc) is 2.47. The lowest BCUT2D eigenvalue weighted by Crippen LogP contribution is -2.17. The topological polar surface area (TPSA) is 35.8 Å². The van der Waals surface area contributed by atoms with Gasteiger partial charge in [-0.3, -0.25) is 0 Å². The van der Waals surface area contributed by atoms with Crippen molar-refractivity contribution in [1.29, 1.82) is 5.26 Å². The Morgan fingerprint density at radius 3 is 2.85 bits per heavy atom. The molecule has 2 heteroatoms. The Morgan fingerprint density at radius 1 is 1.20 bits per heavy atom. The van der Waals surface area contributed by atoms with Gasteiger partial charge in [0.05, 0.1) is 12.6 Å². The van der Waals surface area contributed by atoms with E-state index >= 15 is 0 Å². The fraction of sp³-hybridized carbons (Fsp3) is 0.389. The maximum Gasteiger partial charge on any atom is 0.0988 e. The third kappa shape index (κ3) is 4.57. The minimum Gasteiger partial charge on any atom is -0.302 e. The van der Waals surface area contributed by atoms with Gasteiger partial charge in [-0.2, -0.15) is 5.26 Å². The maximum atomic E-state index is 8.85. The molecule has 102 valence electrons. The molecular formula is C18H20N2. The van der Waals surface area contributed by atoms with Gasteiger partial charge in [0.25, 0.3) is 0 Å². The molecule has 2 aliphatic carbocycles. The standard InChI is InChI=1S/C18H20N2/c1-15-5-2-8-18(11-15)14-20-10-4-9-16-6-3-7-17(12-16)13-19/h7-8,11-12,20H,2-3,5-6,10,14H2,1H3. The zero-order chi connectivity index (χ0) is 14.2. The second-order valence-electron chi connectivity index (χ2n) is 5.19. The molecule has 20 heavy (non-hydrogen) atoms. The third-order valence-corrected chi connectivity index (χ3v) is 3.41. The minimum atomic E-state index is 0.688. The number of nitrogens with zero attached hydrogens (tertiary/aromatic N) is 1. The van der Waals surface area contributed by atoms with E-state index in [-0.39, 0.29) is 0 Å². The van der Waals surface area contributed by atoms with Gasteiger partial charge in [0.15, 0.2) is 0 Å². The molecule has 0 spiro atoms. The van der Waals surface area contributed by atoms with E-state index in [1.807, 2.05) is 12.2 Å². The first-order chi connectivity index (χ1) is 9.78. The van der Waals surface area contributed by atoms with E-state index in [0.29, 0.717) is 6.54 Å². The van der Waals surface area contributed by atoms with Crippen LogP contribution in [0.4, 0.5) is 0 Å². The van der Waals surface area contributed by atoms with Gasteiger partial charge in [0.1, 0.15) is 0 Å². The summed E-state index contributed by atoms with van der Waals surface area (Å²) >= 11 is 0. The number of nitriles is 1. The smallest absolute Gasteiger partial charge is 0.0988 e. The van der Waals surface area contributed by atoms with Crippen LogP contribution in [0, 0.1) is 23.2 Å². The van der Waals surface area contributed by atoms with Gasteiger partial charge in [0.2, 0.25) is 0 Å². The van der Waals surface area contributed by atoms with E-state index in [0.717, 1.165) is 37.0 Å². The Hall–Kier alpha value is -2.03. The van der Waals surface area contributed by atoms with E-state index < -0.39 is 0 Å². The van der Waals surface area contributed by atoms with Crippen LogP contribution in [0.25, 0.3) is 0 Å². The Balaban J connectivity index is 1.76. The molecule has 2 aliphatic rings. The molecule has 0 saturated heterocycles. The van der Waals surface area contributed by atoms with Crippen molar-refractivity contribution < 1.29 is 0 Å². The van der Waals surface area contributed by atoms with E-state index in [4.69, 9.17) is 5.26 Å². The summed E-state index contributed by atoms with van der Waals surface area (Å²) in [7, 11) is 0. The van der Waals surface area contributed by atoms with Gasteiger partial charge in [-0.1, -0.05) is 35.6 Å². The summed E-state index contributed by atoms with van der Waals surface area (Å²) < 4.78 is 0. The van der Waals surface area contributed by atoms with Crippen molar-refractivity contribution in [2.24, 2.45) is 0 Å². The SMILES string of the molecule is CC1=CC(CNCC#CC2=CC(C#N)=CCC2)=CCC1. The molecule has 0 aromatic rings. The van der Waals surface area contributed by atoms with Gasteiger partial charge in [-0.15, -0.1) is 0 Å². The first kappa shape index (κ1) is 14.4. The third-order valence-electron chi connectivity index (χ3n) is 3.41. The van der Waals surface area contributed by atoms with Crippen LogP contribution in [-0.2, 0) is 0 Å². The van der Waals surface area contributed by atoms with Crippen LogP contribution in [0.2, 0.25) is 0 Å². The zero-order valence-corrected chi connectivity index (χ0v) is 12.0. The number of hydrogen-bond donors (Lipinski definition) is 1. The quantitative estimate of drug-likeness (QED) is 0.626. The van der Waals surface area contributed by atoms with Crippen LogP contribution >= 0.6 is 0 Å². The van der Waals surface area contributed by atoms with Crippen LogP contribution in [0.3, 0.4) is 0 Å². The fourth-order valence-corrected chi connectivity index (χ4v) is 2.36.